The van der Waals surface area contributed by atoms with E-state index in [1.807, 2.05) is 23.6 Å². The molecule has 2 amide bonds. The Morgan fingerprint density at radius 1 is 1.00 bits per heavy atom. The van der Waals surface area contributed by atoms with E-state index in [4.69, 9.17) is 0 Å². The van der Waals surface area contributed by atoms with Gasteiger partial charge in [0.2, 0.25) is 11.8 Å². The fraction of sp³-hybridized carbons (Fsp3) is 0.846. The molecule has 2 aliphatic rings. The molecular weight excluding hydrogens is 230 g/mol. The first kappa shape index (κ1) is 13.3. The zero-order valence-corrected chi connectivity index (χ0v) is 11.6. The molecule has 5 nitrogen and oxygen atoms in total. The molecule has 0 aromatic carbocycles. The van der Waals surface area contributed by atoms with Crippen LogP contribution in [0.25, 0.3) is 0 Å². The Kier molecular flexibility index (Phi) is 3.90. The van der Waals surface area contributed by atoms with Gasteiger partial charge in [0.25, 0.3) is 0 Å². The van der Waals surface area contributed by atoms with E-state index in [9.17, 15) is 9.59 Å². The van der Waals surface area contributed by atoms with E-state index in [1.54, 1.807) is 6.92 Å². The maximum atomic E-state index is 11.7. The third-order valence-corrected chi connectivity index (χ3v) is 3.94. The molecule has 0 saturated carbocycles. The highest BCUT2D eigenvalue weighted by molar-refractivity contribution is 5.79. The predicted molar refractivity (Wildman–Crippen MR) is 69.0 cm³/mol. The fourth-order valence-corrected chi connectivity index (χ4v) is 2.63. The molecule has 102 valence electrons. The highest BCUT2D eigenvalue weighted by Crippen LogP contribution is 2.19. The molecule has 0 aliphatic carbocycles. The number of piperazine rings is 1. The van der Waals surface area contributed by atoms with Gasteiger partial charge < -0.3 is 9.80 Å². The van der Waals surface area contributed by atoms with E-state index >= 15 is 0 Å². The van der Waals surface area contributed by atoms with Crippen LogP contribution in [0.2, 0.25) is 0 Å². The zero-order valence-electron chi connectivity index (χ0n) is 11.6. The zero-order chi connectivity index (χ0) is 13.3. The molecule has 5 heteroatoms. The van der Waals surface area contributed by atoms with Gasteiger partial charge in [0.1, 0.15) is 0 Å². The molecule has 2 rings (SSSR count). The molecule has 0 aromatic heterocycles. The van der Waals surface area contributed by atoms with Gasteiger partial charge in [-0.3, -0.25) is 14.5 Å². The lowest BCUT2D eigenvalue weighted by molar-refractivity contribution is -0.143. The molecule has 0 bridgehead atoms. The van der Waals surface area contributed by atoms with Crippen molar-refractivity contribution in [2.45, 2.75) is 26.8 Å². The second-order valence-corrected chi connectivity index (χ2v) is 5.59. The summed E-state index contributed by atoms with van der Waals surface area (Å²) in [5.74, 6) is 0.522. The summed E-state index contributed by atoms with van der Waals surface area (Å²) < 4.78 is 0. The van der Waals surface area contributed by atoms with E-state index in [0.717, 1.165) is 39.3 Å². The Labute approximate surface area is 109 Å². The number of likely N-dealkylation sites (tertiary alicyclic amines) is 1. The summed E-state index contributed by atoms with van der Waals surface area (Å²) in [5, 5.41) is 0. The molecule has 2 fully saturated rings. The van der Waals surface area contributed by atoms with Crippen LogP contribution in [0.1, 0.15) is 20.8 Å². The molecule has 0 aromatic rings. The lowest BCUT2D eigenvalue weighted by atomic mass is 10.0. The fourth-order valence-electron chi connectivity index (χ4n) is 2.63. The first-order valence-corrected chi connectivity index (χ1v) is 6.77. The van der Waals surface area contributed by atoms with Gasteiger partial charge in [-0.15, -0.1) is 0 Å². The van der Waals surface area contributed by atoms with E-state index in [2.05, 4.69) is 4.90 Å². The first-order chi connectivity index (χ1) is 8.49. The van der Waals surface area contributed by atoms with Crippen molar-refractivity contribution < 1.29 is 9.59 Å². The first-order valence-electron chi connectivity index (χ1n) is 6.77. The standard InChI is InChI=1S/C13H23N3O2/c1-10(2)13(18)16-8-12(9-16)15-6-4-14(5-7-15)11(3)17/h10,12H,4-9H2,1-3H3. The van der Waals surface area contributed by atoms with E-state index < -0.39 is 0 Å². The molecule has 2 aliphatic heterocycles. The van der Waals surface area contributed by atoms with Gasteiger partial charge in [-0.1, -0.05) is 13.8 Å². The molecule has 0 N–H and O–H groups in total. The summed E-state index contributed by atoms with van der Waals surface area (Å²) in [5.41, 5.74) is 0. The van der Waals surface area contributed by atoms with Crippen LogP contribution in [-0.2, 0) is 9.59 Å². The summed E-state index contributed by atoms with van der Waals surface area (Å²) in [4.78, 5) is 29.2. The third kappa shape index (κ3) is 2.66. The van der Waals surface area contributed by atoms with Crippen molar-refractivity contribution in [2.75, 3.05) is 39.3 Å². The van der Waals surface area contributed by atoms with Crippen molar-refractivity contribution >= 4 is 11.8 Å². The van der Waals surface area contributed by atoms with Gasteiger partial charge in [-0.05, 0) is 0 Å². The Hall–Kier alpha value is -1.10. The number of amides is 2. The van der Waals surface area contributed by atoms with Crippen molar-refractivity contribution in [2.24, 2.45) is 5.92 Å². The van der Waals surface area contributed by atoms with Crippen LogP contribution in [0, 0.1) is 5.92 Å². The van der Waals surface area contributed by atoms with Crippen molar-refractivity contribution in [3.63, 3.8) is 0 Å². The Balaban J connectivity index is 1.74. The summed E-state index contributed by atoms with van der Waals surface area (Å²) in [6.45, 7) is 10.8. The monoisotopic (exact) mass is 253 g/mol. The summed E-state index contributed by atoms with van der Waals surface area (Å²) in [7, 11) is 0. The molecule has 0 atom stereocenters. The molecule has 0 unspecified atom stereocenters. The summed E-state index contributed by atoms with van der Waals surface area (Å²) in [6, 6.07) is 0.502. The van der Waals surface area contributed by atoms with Gasteiger partial charge in [-0.2, -0.15) is 0 Å². The maximum Gasteiger partial charge on any atom is 0.225 e. The van der Waals surface area contributed by atoms with E-state index in [-0.39, 0.29) is 17.7 Å². The number of hydrogen-bond donors (Lipinski definition) is 0. The van der Waals surface area contributed by atoms with Gasteiger partial charge in [0, 0.05) is 58.2 Å². The molecule has 0 radical (unpaired) electrons. The Morgan fingerprint density at radius 3 is 2.00 bits per heavy atom. The SMILES string of the molecule is CC(=O)N1CCN(C2CN(C(=O)C(C)C)C2)CC1. The van der Waals surface area contributed by atoms with Gasteiger partial charge >= 0.3 is 0 Å². The second kappa shape index (κ2) is 5.26. The minimum atomic E-state index is 0.0977. The number of carbonyl (C=O) groups is 2. The van der Waals surface area contributed by atoms with Crippen LogP contribution < -0.4 is 0 Å². The van der Waals surface area contributed by atoms with E-state index in [1.165, 1.54) is 0 Å². The second-order valence-electron chi connectivity index (χ2n) is 5.59. The molecular formula is C13H23N3O2. The van der Waals surface area contributed by atoms with Crippen molar-refractivity contribution in [3.8, 4) is 0 Å². The number of nitrogens with zero attached hydrogens (tertiary/aromatic N) is 3. The number of carbonyl (C=O) groups excluding carboxylic acids is 2. The summed E-state index contributed by atoms with van der Waals surface area (Å²) in [6.07, 6.45) is 0. The van der Waals surface area contributed by atoms with Gasteiger partial charge in [0.15, 0.2) is 0 Å². The quantitative estimate of drug-likeness (QED) is 0.697. The topological polar surface area (TPSA) is 43.9 Å². The van der Waals surface area contributed by atoms with Crippen LogP contribution in [0.15, 0.2) is 0 Å². The average molecular weight is 253 g/mol. The number of rotatable bonds is 2. The van der Waals surface area contributed by atoms with Crippen LogP contribution in [0.4, 0.5) is 0 Å². The van der Waals surface area contributed by atoms with Crippen molar-refractivity contribution in [1.29, 1.82) is 0 Å². The van der Waals surface area contributed by atoms with Crippen molar-refractivity contribution in [1.82, 2.24) is 14.7 Å². The third-order valence-electron chi connectivity index (χ3n) is 3.94. The minimum Gasteiger partial charge on any atom is -0.340 e. The van der Waals surface area contributed by atoms with Gasteiger partial charge in [0.05, 0.1) is 0 Å². The van der Waals surface area contributed by atoms with Crippen LogP contribution in [0.5, 0.6) is 0 Å². The van der Waals surface area contributed by atoms with Crippen LogP contribution in [0.3, 0.4) is 0 Å². The lowest BCUT2D eigenvalue weighted by Crippen LogP contribution is -2.64. The maximum absolute atomic E-state index is 11.7. The van der Waals surface area contributed by atoms with Crippen LogP contribution in [-0.4, -0.2) is 71.8 Å². The predicted octanol–water partition coefficient (Wildman–Crippen LogP) is 0.0173. The van der Waals surface area contributed by atoms with Gasteiger partial charge in [-0.25, -0.2) is 0 Å². The lowest BCUT2D eigenvalue weighted by Gasteiger charge is -2.48. The number of hydrogen-bond acceptors (Lipinski definition) is 3. The van der Waals surface area contributed by atoms with Crippen molar-refractivity contribution in [3.05, 3.63) is 0 Å². The van der Waals surface area contributed by atoms with E-state index in [0.29, 0.717) is 6.04 Å². The Bertz CT molecular complexity index is 329. The summed E-state index contributed by atoms with van der Waals surface area (Å²) >= 11 is 0. The molecule has 18 heavy (non-hydrogen) atoms. The normalized spacial score (nSPS) is 22.2. The Morgan fingerprint density at radius 2 is 1.56 bits per heavy atom. The highest BCUT2D eigenvalue weighted by Gasteiger charge is 2.36. The average Bonchev–Trinajstić information content (AvgIpc) is 2.27. The molecule has 0 spiro atoms. The largest absolute Gasteiger partial charge is 0.340 e. The molecule has 2 saturated heterocycles. The molecule has 2 heterocycles. The van der Waals surface area contributed by atoms with Crippen LogP contribution >= 0.6 is 0 Å². The minimum absolute atomic E-state index is 0.0977. The highest BCUT2D eigenvalue weighted by atomic mass is 16.2. The smallest absolute Gasteiger partial charge is 0.225 e.